The molecule has 0 aliphatic carbocycles. The number of piperazine rings is 2. The average molecular weight is 560 g/mol. The van der Waals surface area contributed by atoms with Crippen LogP contribution in [-0.2, 0) is 13.1 Å². The lowest BCUT2D eigenvalue weighted by molar-refractivity contribution is -0.0270. The third-order valence-corrected chi connectivity index (χ3v) is 6.75. The van der Waals surface area contributed by atoms with Crippen molar-refractivity contribution in [3.63, 3.8) is 0 Å². The molecule has 38 heavy (non-hydrogen) atoms. The number of hydrogen-bond acceptors (Lipinski definition) is 8. The van der Waals surface area contributed by atoms with Gasteiger partial charge < -0.3 is 20.0 Å². The number of allylic oxidation sites excluding steroid dienone is 4. The highest BCUT2D eigenvalue weighted by Crippen LogP contribution is 2.22. The molecular weight excluding hydrogens is 523 g/mol. The maximum atomic E-state index is 10.1. The second kappa shape index (κ2) is 14.4. The van der Waals surface area contributed by atoms with Gasteiger partial charge in [0, 0.05) is 76.1 Å². The van der Waals surface area contributed by atoms with Gasteiger partial charge in [0.15, 0.2) is 0 Å². The minimum atomic E-state index is -0.418. The lowest BCUT2D eigenvalue weighted by Crippen LogP contribution is -2.51. The molecule has 0 saturated carbocycles. The van der Waals surface area contributed by atoms with E-state index in [2.05, 4.69) is 66.0 Å². The van der Waals surface area contributed by atoms with E-state index in [0.29, 0.717) is 13.1 Å². The van der Waals surface area contributed by atoms with Crippen LogP contribution in [0.25, 0.3) is 0 Å². The van der Waals surface area contributed by atoms with Gasteiger partial charge in [-0.15, -0.1) is 24.8 Å². The van der Waals surface area contributed by atoms with Crippen LogP contribution < -0.4 is 0 Å². The fraction of sp³-hybridized carbons (Fsp3) is 0.357. The molecule has 2 unspecified atom stereocenters. The third-order valence-electron chi connectivity index (χ3n) is 6.75. The summed E-state index contributed by atoms with van der Waals surface area (Å²) in [6.45, 7) is 6.27. The van der Waals surface area contributed by atoms with Gasteiger partial charge in [-0.1, -0.05) is 36.4 Å². The Labute approximate surface area is 237 Å². The van der Waals surface area contributed by atoms with E-state index >= 15 is 0 Å². The monoisotopic (exact) mass is 558 g/mol. The Morgan fingerprint density at radius 3 is 1.53 bits per heavy atom. The molecule has 2 N–H and O–H groups in total. The number of aromatic nitrogens is 2. The minimum absolute atomic E-state index is 0. The van der Waals surface area contributed by atoms with Crippen molar-refractivity contribution in [2.75, 3.05) is 39.3 Å². The maximum Gasteiger partial charge on any atom is 0.139 e. The standard InChI is InChI=1S/2C14H17N3O.2ClH/c2*18-14-11-16(9-12-5-1-3-7-15-12)10-13-6-2-4-8-17(13)14;;/h2*1-7,14,18H,8-11H2;2*1H. The molecule has 2 fully saturated rings. The lowest BCUT2D eigenvalue weighted by atomic mass is 10.1. The van der Waals surface area contributed by atoms with Gasteiger partial charge in [-0.25, -0.2) is 0 Å². The zero-order valence-electron chi connectivity index (χ0n) is 21.3. The van der Waals surface area contributed by atoms with E-state index in [-0.39, 0.29) is 24.8 Å². The maximum absolute atomic E-state index is 10.1. The molecule has 0 spiro atoms. The van der Waals surface area contributed by atoms with Crippen molar-refractivity contribution in [1.29, 1.82) is 0 Å². The molecule has 2 saturated heterocycles. The van der Waals surface area contributed by atoms with Crippen molar-refractivity contribution in [1.82, 2.24) is 29.6 Å². The summed E-state index contributed by atoms with van der Waals surface area (Å²) in [6.07, 6.45) is 15.2. The summed E-state index contributed by atoms with van der Waals surface area (Å²) in [6, 6.07) is 11.9. The first-order chi connectivity index (χ1) is 17.7. The fourth-order valence-corrected chi connectivity index (χ4v) is 4.98. The summed E-state index contributed by atoms with van der Waals surface area (Å²) in [7, 11) is 0. The highest BCUT2D eigenvalue weighted by Gasteiger charge is 2.29. The summed E-state index contributed by atoms with van der Waals surface area (Å²) >= 11 is 0. The number of rotatable bonds is 4. The van der Waals surface area contributed by atoms with Gasteiger partial charge >= 0.3 is 0 Å². The topological polar surface area (TPSA) is 79.2 Å². The fourth-order valence-electron chi connectivity index (χ4n) is 4.98. The summed E-state index contributed by atoms with van der Waals surface area (Å²) in [4.78, 5) is 17.2. The molecule has 6 rings (SSSR count). The smallest absolute Gasteiger partial charge is 0.139 e. The predicted octanol–water partition coefficient (Wildman–Crippen LogP) is 2.79. The van der Waals surface area contributed by atoms with Crippen LogP contribution in [0.1, 0.15) is 11.4 Å². The zero-order valence-corrected chi connectivity index (χ0v) is 22.9. The molecule has 6 heterocycles. The van der Waals surface area contributed by atoms with Gasteiger partial charge in [0.25, 0.3) is 0 Å². The average Bonchev–Trinajstić information content (AvgIpc) is 2.90. The summed E-state index contributed by atoms with van der Waals surface area (Å²) in [5, 5.41) is 20.3. The molecule has 0 bridgehead atoms. The van der Waals surface area contributed by atoms with E-state index in [9.17, 15) is 10.2 Å². The molecule has 0 radical (unpaired) electrons. The number of aliphatic hydroxyl groups is 2. The van der Waals surface area contributed by atoms with Crippen LogP contribution >= 0.6 is 24.8 Å². The Balaban J connectivity index is 0.000000200. The van der Waals surface area contributed by atoms with E-state index in [0.717, 1.165) is 50.7 Å². The van der Waals surface area contributed by atoms with Crippen LogP contribution in [0.2, 0.25) is 0 Å². The van der Waals surface area contributed by atoms with Crippen LogP contribution in [0.4, 0.5) is 0 Å². The molecule has 4 aliphatic heterocycles. The molecule has 8 nitrogen and oxygen atoms in total. The van der Waals surface area contributed by atoms with Crippen LogP contribution in [0.15, 0.2) is 96.6 Å². The van der Waals surface area contributed by atoms with Crippen molar-refractivity contribution in [3.05, 3.63) is 108 Å². The van der Waals surface area contributed by atoms with E-state index in [4.69, 9.17) is 0 Å². The number of aliphatic hydroxyl groups excluding tert-OH is 2. The predicted molar refractivity (Wildman–Crippen MR) is 153 cm³/mol. The van der Waals surface area contributed by atoms with Crippen molar-refractivity contribution in [2.45, 2.75) is 25.5 Å². The Hall–Kier alpha value is -2.72. The van der Waals surface area contributed by atoms with Crippen LogP contribution in [-0.4, -0.2) is 91.5 Å². The molecule has 10 heteroatoms. The Kier molecular flexibility index (Phi) is 11.3. The zero-order chi connectivity index (χ0) is 24.7. The van der Waals surface area contributed by atoms with Gasteiger partial charge in [0.05, 0.1) is 11.4 Å². The molecule has 2 aromatic heterocycles. The largest absolute Gasteiger partial charge is 0.372 e. The molecule has 0 amide bonds. The Morgan fingerprint density at radius 1 is 0.684 bits per heavy atom. The van der Waals surface area contributed by atoms with Crippen molar-refractivity contribution in [3.8, 4) is 0 Å². The summed E-state index contributed by atoms with van der Waals surface area (Å²) < 4.78 is 0. The molecule has 4 aliphatic rings. The highest BCUT2D eigenvalue weighted by molar-refractivity contribution is 5.85. The molecular formula is C28H36Cl2N6O2. The first-order valence-electron chi connectivity index (χ1n) is 12.5. The minimum Gasteiger partial charge on any atom is -0.372 e. The number of hydrogen-bond donors (Lipinski definition) is 2. The first-order valence-corrected chi connectivity index (χ1v) is 12.5. The van der Waals surface area contributed by atoms with Gasteiger partial charge in [0.2, 0.25) is 0 Å². The first kappa shape index (κ1) is 29.8. The van der Waals surface area contributed by atoms with Crippen molar-refractivity contribution < 1.29 is 10.2 Å². The van der Waals surface area contributed by atoms with Crippen LogP contribution in [0.5, 0.6) is 0 Å². The highest BCUT2D eigenvalue weighted by atomic mass is 35.5. The van der Waals surface area contributed by atoms with E-state index in [1.165, 1.54) is 11.4 Å². The van der Waals surface area contributed by atoms with Gasteiger partial charge in [0.1, 0.15) is 12.5 Å². The molecule has 0 aromatic carbocycles. The number of halogens is 2. The number of fused-ring (bicyclic) bond motifs is 2. The van der Waals surface area contributed by atoms with Crippen molar-refractivity contribution in [2.24, 2.45) is 0 Å². The number of pyridine rings is 2. The molecule has 2 atom stereocenters. The van der Waals surface area contributed by atoms with Gasteiger partial charge in [-0.05, 0) is 36.4 Å². The second-order valence-corrected chi connectivity index (χ2v) is 9.42. The van der Waals surface area contributed by atoms with E-state index in [1.54, 1.807) is 0 Å². The molecule has 2 aromatic rings. The van der Waals surface area contributed by atoms with E-state index < -0.39 is 12.5 Å². The number of β-amino-alcohol motifs (C(OH)–C–C–N with tert-alkyl or cyclic N) is 2. The Morgan fingerprint density at radius 2 is 1.13 bits per heavy atom. The normalized spacial score (nSPS) is 22.5. The van der Waals surface area contributed by atoms with Gasteiger partial charge in [-0.3, -0.25) is 19.8 Å². The SMILES string of the molecule is Cl.Cl.OC1CN(Cc2ccccn2)CC2=CC=CCN21.OC1CN(Cc2ccccn2)CC2=CC=CCN21. The number of nitrogens with zero attached hydrogens (tertiary/aromatic N) is 6. The van der Waals surface area contributed by atoms with Crippen molar-refractivity contribution >= 4 is 24.8 Å². The third kappa shape index (κ3) is 7.66. The van der Waals surface area contributed by atoms with Gasteiger partial charge in [-0.2, -0.15) is 0 Å². The second-order valence-electron chi connectivity index (χ2n) is 9.42. The van der Waals surface area contributed by atoms with Crippen LogP contribution in [0, 0.1) is 0 Å². The van der Waals surface area contributed by atoms with E-state index in [1.807, 2.05) is 48.8 Å². The Bertz CT molecular complexity index is 1040. The molecule has 204 valence electrons. The summed E-state index contributed by atoms with van der Waals surface area (Å²) in [5.74, 6) is 0. The quantitative estimate of drug-likeness (QED) is 0.593. The summed E-state index contributed by atoms with van der Waals surface area (Å²) in [5.41, 5.74) is 4.47. The van der Waals surface area contributed by atoms with Crippen LogP contribution in [0.3, 0.4) is 0 Å². The lowest BCUT2D eigenvalue weighted by Gasteiger charge is -2.42.